The highest BCUT2D eigenvalue weighted by Crippen LogP contribution is 2.24. The molecule has 0 bridgehead atoms. The summed E-state index contributed by atoms with van der Waals surface area (Å²) in [5, 5.41) is 13.1. The number of anilines is 1. The topological polar surface area (TPSA) is 110 Å². The summed E-state index contributed by atoms with van der Waals surface area (Å²) in [6, 6.07) is 13.7. The van der Waals surface area contributed by atoms with Crippen LogP contribution in [0.25, 0.3) is 0 Å². The predicted octanol–water partition coefficient (Wildman–Crippen LogP) is 4.43. The van der Waals surface area contributed by atoms with Crippen molar-refractivity contribution in [3.8, 4) is 0 Å². The number of aryl methyl sites for hydroxylation is 1. The van der Waals surface area contributed by atoms with E-state index in [9.17, 15) is 23.3 Å². The molecule has 31 heavy (non-hydrogen) atoms. The average Bonchev–Trinajstić information content (AvgIpc) is 3.25. The number of hydrogen-bond acceptors (Lipinski definition) is 6. The van der Waals surface area contributed by atoms with Crippen LogP contribution in [0.15, 0.2) is 64.9 Å². The molecule has 0 radical (unpaired) electrons. The zero-order valence-electron chi connectivity index (χ0n) is 16.9. The summed E-state index contributed by atoms with van der Waals surface area (Å²) in [4.78, 5) is 25.8. The quantitative estimate of drug-likeness (QED) is 0.396. The van der Waals surface area contributed by atoms with E-state index in [0.29, 0.717) is 24.2 Å². The molecule has 2 aromatic carbocycles. The van der Waals surface area contributed by atoms with Crippen LogP contribution in [0.4, 0.5) is 11.4 Å². The molecule has 0 aliphatic rings. The molecule has 10 heteroatoms. The number of sulfonamides is 1. The number of thiophene rings is 1. The highest BCUT2D eigenvalue weighted by molar-refractivity contribution is 7.92. The van der Waals surface area contributed by atoms with Crippen LogP contribution >= 0.6 is 11.3 Å². The first kappa shape index (κ1) is 22.4. The molecule has 0 fully saturated rings. The van der Waals surface area contributed by atoms with Gasteiger partial charge in [-0.1, -0.05) is 12.1 Å². The molecule has 0 saturated carbocycles. The molecular formula is C21H21N3O5S2. The second kappa shape index (κ2) is 9.27. The van der Waals surface area contributed by atoms with Crippen molar-refractivity contribution < 1.29 is 18.1 Å². The van der Waals surface area contributed by atoms with Gasteiger partial charge in [-0.25, -0.2) is 8.42 Å². The van der Waals surface area contributed by atoms with E-state index in [2.05, 4.69) is 4.72 Å². The van der Waals surface area contributed by atoms with Gasteiger partial charge in [-0.3, -0.25) is 19.6 Å². The fourth-order valence-corrected chi connectivity index (χ4v) is 4.75. The van der Waals surface area contributed by atoms with E-state index in [0.717, 1.165) is 10.9 Å². The van der Waals surface area contributed by atoms with E-state index < -0.39 is 14.9 Å². The van der Waals surface area contributed by atoms with Crippen LogP contribution in [0.5, 0.6) is 0 Å². The van der Waals surface area contributed by atoms with Crippen LogP contribution in [-0.4, -0.2) is 30.7 Å². The van der Waals surface area contributed by atoms with Gasteiger partial charge < -0.3 is 4.90 Å². The normalized spacial score (nSPS) is 11.2. The number of carbonyl (C=O) groups excluding carboxylic acids is 1. The number of rotatable bonds is 8. The standard InChI is InChI=1S/C21H21N3O5S2/c1-3-23(14-18-5-4-12-30-18)21(25)16-7-9-17(10-8-16)22-31(28,29)19-11-6-15(2)20(13-19)24(26)27/h4-13,22H,3,14H2,1-2H3. The van der Waals surface area contributed by atoms with Crippen LogP contribution in [0.3, 0.4) is 0 Å². The minimum absolute atomic E-state index is 0.153. The number of carbonyl (C=O) groups is 1. The third-order valence-corrected chi connectivity index (χ3v) is 6.91. The predicted molar refractivity (Wildman–Crippen MR) is 120 cm³/mol. The van der Waals surface area contributed by atoms with Crippen LogP contribution in [0, 0.1) is 17.0 Å². The molecule has 8 nitrogen and oxygen atoms in total. The Kier molecular flexibility index (Phi) is 6.71. The van der Waals surface area contributed by atoms with Gasteiger partial charge >= 0.3 is 0 Å². The Morgan fingerprint density at radius 2 is 1.87 bits per heavy atom. The summed E-state index contributed by atoms with van der Waals surface area (Å²) < 4.78 is 27.7. The van der Waals surface area contributed by atoms with Gasteiger partial charge in [-0.15, -0.1) is 11.3 Å². The highest BCUT2D eigenvalue weighted by atomic mass is 32.2. The summed E-state index contributed by atoms with van der Waals surface area (Å²) in [5.41, 5.74) is 0.789. The van der Waals surface area contributed by atoms with Gasteiger partial charge in [0.05, 0.1) is 16.4 Å². The molecule has 1 aromatic heterocycles. The van der Waals surface area contributed by atoms with Crippen molar-refractivity contribution in [2.45, 2.75) is 25.3 Å². The smallest absolute Gasteiger partial charge is 0.273 e. The number of benzene rings is 2. The molecule has 1 heterocycles. The van der Waals surface area contributed by atoms with Crippen molar-refractivity contribution in [1.29, 1.82) is 0 Å². The maximum Gasteiger partial charge on any atom is 0.273 e. The van der Waals surface area contributed by atoms with Gasteiger partial charge in [0.2, 0.25) is 0 Å². The Labute approximate surface area is 184 Å². The number of nitro groups is 1. The number of amides is 1. The third kappa shape index (κ3) is 5.28. The summed E-state index contributed by atoms with van der Waals surface area (Å²) in [7, 11) is -4.02. The largest absolute Gasteiger partial charge is 0.334 e. The fourth-order valence-electron chi connectivity index (χ4n) is 2.95. The Morgan fingerprint density at radius 3 is 2.45 bits per heavy atom. The first-order chi connectivity index (χ1) is 14.7. The second-order valence-corrected chi connectivity index (χ2v) is 9.50. The average molecular weight is 460 g/mol. The van der Waals surface area contributed by atoms with Crippen molar-refractivity contribution in [3.05, 3.63) is 86.1 Å². The maximum atomic E-state index is 12.8. The molecule has 0 aliphatic carbocycles. The highest BCUT2D eigenvalue weighted by Gasteiger charge is 2.20. The monoisotopic (exact) mass is 459 g/mol. The first-order valence-corrected chi connectivity index (χ1v) is 11.8. The molecule has 0 spiro atoms. The lowest BCUT2D eigenvalue weighted by Gasteiger charge is -2.20. The van der Waals surface area contributed by atoms with Crippen molar-refractivity contribution >= 4 is 38.6 Å². The lowest BCUT2D eigenvalue weighted by atomic mass is 10.2. The molecule has 0 atom stereocenters. The third-order valence-electron chi connectivity index (χ3n) is 4.67. The van der Waals surface area contributed by atoms with E-state index in [1.807, 2.05) is 24.4 Å². The maximum absolute atomic E-state index is 12.8. The fraction of sp³-hybridized carbons (Fsp3) is 0.190. The number of nitrogens with one attached hydrogen (secondary N) is 1. The van der Waals surface area contributed by atoms with Crippen molar-refractivity contribution in [2.75, 3.05) is 11.3 Å². The van der Waals surface area contributed by atoms with Crippen LogP contribution in [0.2, 0.25) is 0 Å². The van der Waals surface area contributed by atoms with Crippen molar-refractivity contribution in [1.82, 2.24) is 4.90 Å². The van der Waals surface area contributed by atoms with Crippen LogP contribution < -0.4 is 4.72 Å². The molecular weight excluding hydrogens is 438 g/mol. The van der Waals surface area contributed by atoms with Gasteiger partial charge in [-0.2, -0.15) is 0 Å². The van der Waals surface area contributed by atoms with E-state index >= 15 is 0 Å². The molecule has 1 N–H and O–H groups in total. The molecule has 0 unspecified atom stereocenters. The SMILES string of the molecule is CCN(Cc1cccs1)C(=O)c1ccc(NS(=O)(=O)c2ccc(C)c([N+](=O)[O-])c2)cc1. The first-order valence-electron chi connectivity index (χ1n) is 9.41. The van der Waals surface area contributed by atoms with Crippen molar-refractivity contribution in [2.24, 2.45) is 0 Å². The Morgan fingerprint density at radius 1 is 1.16 bits per heavy atom. The molecule has 1 amide bonds. The van der Waals surface area contributed by atoms with Gasteiger partial charge in [0.15, 0.2) is 0 Å². The Balaban J connectivity index is 1.76. The van der Waals surface area contributed by atoms with E-state index in [1.54, 1.807) is 28.4 Å². The lowest BCUT2D eigenvalue weighted by molar-refractivity contribution is -0.385. The van der Waals surface area contributed by atoms with Crippen molar-refractivity contribution in [3.63, 3.8) is 0 Å². The lowest BCUT2D eigenvalue weighted by Crippen LogP contribution is -2.29. The summed E-state index contributed by atoms with van der Waals surface area (Å²) >= 11 is 1.58. The summed E-state index contributed by atoms with van der Waals surface area (Å²) in [6.07, 6.45) is 0. The van der Waals surface area contributed by atoms with Gasteiger partial charge in [-0.05, 0) is 55.6 Å². The Hall–Kier alpha value is -3.24. The summed E-state index contributed by atoms with van der Waals surface area (Å²) in [6.45, 7) is 4.48. The summed E-state index contributed by atoms with van der Waals surface area (Å²) in [5.74, 6) is -0.153. The van der Waals surface area contributed by atoms with Crippen LogP contribution in [-0.2, 0) is 16.6 Å². The number of nitro benzene ring substituents is 1. The Bertz CT molecular complexity index is 1190. The molecule has 0 saturated heterocycles. The zero-order chi connectivity index (χ0) is 22.6. The molecule has 162 valence electrons. The van der Waals surface area contributed by atoms with Crippen LogP contribution in [0.1, 0.15) is 27.7 Å². The second-order valence-electron chi connectivity index (χ2n) is 6.79. The van der Waals surface area contributed by atoms with Gasteiger partial charge in [0.1, 0.15) is 0 Å². The van der Waals surface area contributed by atoms with Gasteiger partial charge in [0, 0.05) is 34.3 Å². The minimum atomic E-state index is -4.02. The van der Waals surface area contributed by atoms with E-state index in [1.165, 1.54) is 31.2 Å². The molecule has 3 rings (SSSR count). The van der Waals surface area contributed by atoms with E-state index in [-0.39, 0.29) is 22.2 Å². The van der Waals surface area contributed by atoms with E-state index in [4.69, 9.17) is 0 Å². The zero-order valence-corrected chi connectivity index (χ0v) is 18.6. The molecule has 0 aliphatic heterocycles. The number of nitrogens with zero attached hydrogens (tertiary/aromatic N) is 2. The van der Waals surface area contributed by atoms with Gasteiger partial charge in [0.25, 0.3) is 21.6 Å². The molecule has 3 aromatic rings. The number of hydrogen-bond donors (Lipinski definition) is 1. The minimum Gasteiger partial charge on any atom is -0.334 e.